The standard InChI is InChI=1S/C17H26FNO/c1-3-19-17(8-4-6-15-7-5-11-20-15)14-9-10-16(18)13(2)12-14/h9-10,12,15,17,19H,3-8,11H2,1-2H3. The maximum absolute atomic E-state index is 13.4. The van der Waals surface area contributed by atoms with Gasteiger partial charge in [0.15, 0.2) is 0 Å². The molecule has 0 aromatic heterocycles. The Morgan fingerprint density at radius 2 is 2.30 bits per heavy atom. The SMILES string of the molecule is CCNC(CCCC1CCCO1)c1ccc(F)c(C)c1. The average Bonchev–Trinajstić information content (AvgIpc) is 2.94. The van der Waals surface area contributed by atoms with Crippen LogP contribution in [0.5, 0.6) is 0 Å². The second kappa shape index (κ2) is 7.75. The Kier molecular flexibility index (Phi) is 5.99. The van der Waals surface area contributed by atoms with Crippen molar-refractivity contribution < 1.29 is 9.13 Å². The first-order valence-electron chi connectivity index (χ1n) is 7.81. The van der Waals surface area contributed by atoms with Crippen molar-refractivity contribution in [3.8, 4) is 0 Å². The molecule has 0 bridgehead atoms. The Morgan fingerprint density at radius 3 is 2.95 bits per heavy atom. The summed E-state index contributed by atoms with van der Waals surface area (Å²) >= 11 is 0. The highest BCUT2D eigenvalue weighted by Crippen LogP contribution is 2.24. The molecule has 1 aromatic rings. The molecule has 1 fully saturated rings. The third kappa shape index (κ3) is 4.29. The van der Waals surface area contributed by atoms with E-state index in [4.69, 9.17) is 4.74 Å². The molecule has 2 nitrogen and oxygen atoms in total. The van der Waals surface area contributed by atoms with Gasteiger partial charge in [0.25, 0.3) is 0 Å². The molecule has 0 radical (unpaired) electrons. The second-order valence-electron chi connectivity index (χ2n) is 5.68. The van der Waals surface area contributed by atoms with Crippen molar-refractivity contribution in [2.75, 3.05) is 13.2 Å². The first kappa shape index (κ1) is 15.5. The maximum Gasteiger partial charge on any atom is 0.126 e. The van der Waals surface area contributed by atoms with E-state index in [-0.39, 0.29) is 5.82 Å². The van der Waals surface area contributed by atoms with Gasteiger partial charge in [-0.3, -0.25) is 0 Å². The Bertz CT molecular complexity index is 415. The topological polar surface area (TPSA) is 21.3 Å². The van der Waals surface area contributed by atoms with Gasteiger partial charge in [0.1, 0.15) is 5.82 Å². The molecule has 2 atom stereocenters. The quantitative estimate of drug-likeness (QED) is 0.810. The number of halogens is 1. The summed E-state index contributed by atoms with van der Waals surface area (Å²) in [7, 11) is 0. The second-order valence-corrected chi connectivity index (χ2v) is 5.68. The molecule has 112 valence electrons. The van der Waals surface area contributed by atoms with E-state index in [9.17, 15) is 4.39 Å². The zero-order chi connectivity index (χ0) is 14.4. The molecule has 0 amide bonds. The number of ether oxygens (including phenoxy) is 1. The molecular formula is C17H26FNO. The van der Waals surface area contributed by atoms with Crippen LogP contribution in [0.1, 0.15) is 56.2 Å². The van der Waals surface area contributed by atoms with E-state index >= 15 is 0 Å². The van der Waals surface area contributed by atoms with Gasteiger partial charge in [-0.25, -0.2) is 4.39 Å². The molecule has 20 heavy (non-hydrogen) atoms. The molecule has 1 saturated heterocycles. The van der Waals surface area contributed by atoms with Crippen molar-refractivity contribution in [1.82, 2.24) is 5.32 Å². The van der Waals surface area contributed by atoms with Gasteiger partial charge in [-0.05, 0) is 62.8 Å². The van der Waals surface area contributed by atoms with Crippen molar-refractivity contribution >= 4 is 0 Å². The van der Waals surface area contributed by atoms with Crippen molar-refractivity contribution in [2.24, 2.45) is 0 Å². The third-order valence-corrected chi connectivity index (χ3v) is 4.08. The highest BCUT2D eigenvalue weighted by molar-refractivity contribution is 5.26. The lowest BCUT2D eigenvalue weighted by molar-refractivity contribution is 0.101. The van der Waals surface area contributed by atoms with Crippen molar-refractivity contribution in [3.05, 3.63) is 35.1 Å². The molecule has 1 aliphatic heterocycles. The maximum atomic E-state index is 13.4. The van der Waals surface area contributed by atoms with Crippen LogP contribution in [-0.4, -0.2) is 19.3 Å². The van der Waals surface area contributed by atoms with Gasteiger partial charge < -0.3 is 10.1 Å². The normalized spacial score (nSPS) is 20.2. The van der Waals surface area contributed by atoms with Crippen LogP contribution in [0.3, 0.4) is 0 Å². The zero-order valence-corrected chi connectivity index (χ0v) is 12.6. The average molecular weight is 279 g/mol. The minimum atomic E-state index is -0.122. The zero-order valence-electron chi connectivity index (χ0n) is 12.6. The van der Waals surface area contributed by atoms with Crippen LogP contribution < -0.4 is 5.32 Å². The summed E-state index contributed by atoms with van der Waals surface area (Å²) in [5.41, 5.74) is 1.92. The lowest BCUT2D eigenvalue weighted by Crippen LogP contribution is -2.21. The monoisotopic (exact) mass is 279 g/mol. The lowest BCUT2D eigenvalue weighted by Gasteiger charge is -2.20. The van der Waals surface area contributed by atoms with E-state index in [0.29, 0.717) is 12.1 Å². The van der Waals surface area contributed by atoms with Crippen molar-refractivity contribution in [2.45, 2.75) is 58.1 Å². The van der Waals surface area contributed by atoms with Gasteiger partial charge in [0.05, 0.1) is 6.10 Å². The molecule has 1 aliphatic rings. The largest absolute Gasteiger partial charge is 0.378 e. The summed E-state index contributed by atoms with van der Waals surface area (Å²) in [6.45, 7) is 5.80. The molecule has 2 unspecified atom stereocenters. The summed E-state index contributed by atoms with van der Waals surface area (Å²) in [5, 5.41) is 3.51. The highest BCUT2D eigenvalue weighted by Gasteiger charge is 2.17. The molecular weight excluding hydrogens is 253 g/mol. The number of rotatable bonds is 7. The van der Waals surface area contributed by atoms with E-state index in [0.717, 1.165) is 38.0 Å². The van der Waals surface area contributed by atoms with Crippen LogP contribution in [0, 0.1) is 12.7 Å². The predicted molar refractivity (Wildman–Crippen MR) is 80.4 cm³/mol. The Morgan fingerprint density at radius 1 is 1.45 bits per heavy atom. The van der Waals surface area contributed by atoms with Crippen LogP contribution >= 0.6 is 0 Å². The fourth-order valence-electron chi connectivity index (χ4n) is 2.94. The summed E-state index contributed by atoms with van der Waals surface area (Å²) in [4.78, 5) is 0. The Labute approximate surface area is 121 Å². The molecule has 0 aliphatic carbocycles. The smallest absolute Gasteiger partial charge is 0.126 e. The van der Waals surface area contributed by atoms with Gasteiger partial charge in [-0.15, -0.1) is 0 Å². The Balaban J connectivity index is 1.89. The number of benzene rings is 1. The first-order valence-corrected chi connectivity index (χ1v) is 7.81. The van der Waals surface area contributed by atoms with Crippen LogP contribution in [0.4, 0.5) is 4.39 Å². The van der Waals surface area contributed by atoms with E-state index in [1.54, 1.807) is 6.07 Å². The minimum absolute atomic E-state index is 0.122. The number of hydrogen-bond acceptors (Lipinski definition) is 2. The van der Waals surface area contributed by atoms with Crippen molar-refractivity contribution in [3.63, 3.8) is 0 Å². The molecule has 1 aromatic carbocycles. The van der Waals surface area contributed by atoms with Gasteiger partial charge in [0, 0.05) is 12.6 Å². The highest BCUT2D eigenvalue weighted by atomic mass is 19.1. The number of hydrogen-bond donors (Lipinski definition) is 1. The van der Waals surface area contributed by atoms with E-state index in [1.807, 2.05) is 19.1 Å². The van der Waals surface area contributed by atoms with Gasteiger partial charge in [0.2, 0.25) is 0 Å². The van der Waals surface area contributed by atoms with Crippen LogP contribution in [0.25, 0.3) is 0 Å². The molecule has 3 heteroatoms. The molecule has 0 saturated carbocycles. The fraction of sp³-hybridized carbons (Fsp3) is 0.647. The minimum Gasteiger partial charge on any atom is -0.378 e. The predicted octanol–water partition coefficient (Wildman–Crippen LogP) is 4.13. The van der Waals surface area contributed by atoms with Crippen LogP contribution in [0.2, 0.25) is 0 Å². The molecule has 0 spiro atoms. The third-order valence-electron chi connectivity index (χ3n) is 4.08. The van der Waals surface area contributed by atoms with Crippen LogP contribution in [0.15, 0.2) is 18.2 Å². The summed E-state index contributed by atoms with van der Waals surface area (Å²) < 4.78 is 19.0. The van der Waals surface area contributed by atoms with Gasteiger partial charge in [-0.1, -0.05) is 19.1 Å². The summed E-state index contributed by atoms with van der Waals surface area (Å²) in [6, 6.07) is 5.77. The number of aryl methyl sites for hydroxylation is 1. The molecule has 1 heterocycles. The number of nitrogens with one attached hydrogen (secondary N) is 1. The van der Waals surface area contributed by atoms with Crippen molar-refractivity contribution in [1.29, 1.82) is 0 Å². The van der Waals surface area contributed by atoms with E-state index in [1.165, 1.54) is 18.4 Å². The molecule has 2 rings (SSSR count). The van der Waals surface area contributed by atoms with Gasteiger partial charge in [-0.2, -0.15) is 0 Å². The fourth-order valence-corrected chi connectivity index (χ4v) is 2.94. The Hall–Kier alpha value is -0.930. The van der Waals surface area contributed by atoms with E-state index in [2.05, 4.69) is 12.2 Å². The lowest BCUT2D eigenvalue weighted by atomic mass is 9.97. The molecule has 1 N–H and O–H groups in total. The summed E-state index contributed by atoms with van der Waals surface area (Å²) in [6.07, 6.45) is 6.26. The first-order chi connectivity index (χ1) is 9.70. The van der Waals surface area contributed by atoms with Gasteiger partial charge >= 0.3 is 0 Å². The van der Waals surface area contributed by atoms with Crippen LogP contribution in [-0.2, 0) is 4.74 Å². The van der Waals surface area contributed by atoms with E-state index < -0.39 is 0 Å². The summed E-state index contributed by atoms with van der Waals surface area (Å²) in [5.74, 6) is -0.122.